The predicted molar refractivity (Wildman–Crippen MR) is 42.8 cm³/mol. The van der Waals surface area contributed by atoms with Crippen molar-refractivity contribution in [1.29, 1.82) is 0 Å². The molecule has 0 nitrogen and oxygen atoms in total. The van der Waals surface area contributed by atoms with Crippen molar-refractivity contribution in [3.8, 4) is 0 Å². The SMILES string of the molecule is [Y].[c-]1ccc2ccccc2c1. The van der Waals surface area contributed by atoms with Gasteiger partial charge in [-0.3, -0.25) is 0 Å². The minimum Gasteiger partial charge on any atom is -0.183 e. The van der Waals surface area contributed by atoms with Crippen LogP contribution in [0.2, 0.25) is 0 Å². The van der Waals surface area contributed by atoms with Crippen LogP contribution in [0.5, 0.6) is 0 Å². The zero-order valence-corrected chi connectivity index (χ0v) is 8.96. The number of fused-ring (bicyclic) bond motifs is 1. The molecule has 0 unspecified atom stereocenters. The molecule has 0 saturated carbocycles. The van der Waals surface area contributed by atoms with E-state index < -0.39 is 0 Å². The second-order valence-electron chi connectivity index (χ2n) is 2.27. The Balaban J connectivity index is 0.000000605. The topological polar surface area (TPSA) is 0 Å². The monoisotopic (exact) mass is 216 g/mol. The summed E-state index contributed by atoms with van der Waals surface area (Å²) in [5, 5.41) is 2.53. The average molecular weight is 216 g/mol. The van der Waals surface area contributed by atoms with Gasteiger partial charge in [0.15, 0.2) is 0 Å². The van der Waals surface area contributed by atoms with Crippen molar-refractivity contribution in [1.82, 2.24) is 0 Å². The summed E-state index contributed by atoms with van der Waals surface area (Å²) in [7, 11) is 0. The molecule has 0 amide bonds. The van der Waals surface area contributed by atoms with Crippen LogP contribution in [-0.2, 0) is 32.7 Å². The first kappa shape index (κ1) is 8.90. The molecule has 0 N–H and O–H groups in total. The Morgan fingerprint density at radius 1 is 0.909 bits per heavy atom. The molecule has 11 heavy (non-hydrogen) atoms. The molecule has 2 aromatic rings. The minimum absolute atomic E-state index is 0. The summed E-state index contributed by atoms with van der Waals surface area (Å²) in [6, 6.07) is 17.3. The van der Waals surface area contributed by atoms with Crippen molar-refractivity contribution in [3.05, 3.63) is 48.5 Å². The molecule has 0 fully saturated rings. The fourth-order valence-electron chi connectivity index (χ4n) is 1.07. The molecule has 0 aliphatic rings. The van der Waals surface area contributed by atoms with E-state index in [0.29, 0.717) is 0 Å². The zero-order chi connectivity index (χ0) is 6.81. The molecule has 0 spiro atoms. The van der Waals surface area contributed by atoms with Crippen molar-refractivity contribution in [3.63, 3.8) is 0 Å². The van der Waals surface area contributed by atoms with E-state index in [4.69, 9.17) is 0 Å². The zero-order valence-electron chi connectivity index (χ0n) is 6.12. The van der Waals surface area contributed by atoms with E-state index >= 15 is 0 Å². The Labute approximate surface area is 91.5 Å². The second-order valence-corrected chi connectivity index (χ2v) is 2.27. The van der Waals surface area contributed by atoms with Crippen molar-refractivity contribution >= 4 is 10.8 Å². The number of hydrogen-bond donors (Lipinski definition) is 0. The number of hydrogen-bond acceptors (Lipinski definition) is 0. The van der Waals surface area contributed by atoms with E-state index in [2.05, 4.69) is 24.3 Å². The van der Waals surface area contributed by atoms with E-state index in [1.807, 2.05) is 24.3 Å². The third-order valence-electron chi connectivity index (χ3n) is 1.59. The van der Waals surface area contributed by atoms with Gasteiger partial charge in [-0.2, -0.15) is 24.3 Å². The molecule has 0 saturated heterocycles. The Bertz CT molecular complexity index is 276. The fourth-order valence-corrected chi connectivity index (χ4v) is 1.07. The summed E-state index contributed by atoms with van der Waals surface area (Å²) < 4.78 is 0. The summed E-state index contributed by atoms with van der Waals surface area (Å²) in [4.78, 5) is 0. The van der Waals surface area contributed by atoms with Crippen molar-refractivity contribution in [2.45, 2.75) is 0 Å². The van der Waals surface area contributed by atoms with Crippen molar-refractivity contribution in [2.24, 2.45) is 0 Å². The first-order valence-corrected chi connectivity index (χ1v) is 3.32. The molecule has 0 atom stereocenters. The smallest absolute Gasteiger partial charge is 0 e. The number of benzene rings is 2. The third kappa shape index (κ3) is 1.88. The molecule has 51 valence electrons. The summed E-state index contributed by atoms with van der Waals surface area (Å²) in [5.74, 6) is 0. The van der Waals surface area contributed by atoms with Gasteiger partial charge in [0.25, 0.3) is 0 Å². The van der Waals surface area contributed by atoms with Gasteiger partial charge >= 0.3 is 0 Å². The molecule has 0 aromatic heterocycles. The van der Waals surface area contributed by atoms with Gasteiger partial charge in [-0.25, -0.2) is 0 Å². The Morgan fingerprint density at radius 3 is 2.36 bits per heavy atom. The summed E-state index contributed by atoms with van der Waals surface area (Å²) in [5.41, 5.74) is 0. The van der Waals surface area contributed by atoms with Gasteiger partial charge in [-0.1, -0.05) is 18.2 Å². The maximum atomic E-state index is 3.04. The van der Waals surface area contributed by atoms with Crippen LogP contribution in [0.1, 0.15) is 0 Å². The first-order valence-electron chi connectivity index (χ1n) is 3.32. The third-order valence-corrected chi connectivity index (χ3v) is 1.59. The van der Waals surface area contributed by atoms with Gasteiger partial charge in [0.2, 0.25) is 0 Å². The summed E-state index contributed by atoms with van der Waals surface area (Å²) in [6.45, 7) is 0. The normalized spacial score (nSPS) is 9.09. The molecule has 2 rings (SSSR count). The van der Waals surface area contributed by atoms with E-state index in [1.165, 1.54) is 10.8 Å². The number of rotatable bonds is 0. The molecular formula is C10H7Y-. The summed E-state index contributed by atoms with van der Waals surface area (Å²) in [6.07, 6.45) is 0. The van der Waals surface area contributed by atoms with Gasteiger partial charge in [-0.05, 0) is 0 Å². The van der Waals surface area contributed by atoms with Gasteiger partial charge in [-0.15, -0.1) is 16.8 Å². The van der Waals surface area contributed by atoms with Gasteiger partial charge < -0.3 is 0 Å². The second kappa shape index (κ2) is 3.99. The van der Waals surface area contributed by atoms with Crippen LogP contribution >= 0.6 is 0 Å². The molecular weight excluding hydrogens is 209 g/mol. The van der Waals surface area contributed by atoms with E-state index in [-0.39, 0.29) is 32.7 Å². The average Bonchev–Trinajstić information content (AvgIpc) is 2.05. The van der Waals surface area contributed by atoms with Crippen LogP contribution in [0.15, 0.2) is 42.5 Å². The standard InChI is InChI=1S/C10H7.Y/c1-2-6-10-8-4-3-7-9(10)5-1;/h1-3,5-8H;/q-1;. The van der Waals surface area contributed by atoms with Crippen LogP contribution in [0, 0.1) is 6.07 Å². The van der Waals surface area contributed by atoms with Gasteiger partial charge in [0.1, 0.15) is 0 Å². The Hall–Kier alpha value is -0.196. The van der Waals surface area contributed by atoms with E-state index in [0.717, 1.165) is 0 Å². The van der Waals surface area contributed by atoms with Crippen molar-refractivity contribution < 1.29 is 32.7 Å². The van der Waals surface area contributed by atoms with Crippen LogP contribution in [0.25, 0.3) is 10.8 Å². The van der Waals surface area contributed by atoms with Gasteiger partial charge in [0.05, 0.1) is 0 Å². The van der Waals surface area contributed by atoms with Crippen molar-refractivity contribution in [2.75, 3.05) is 0 Å². The van der Waals surface area contributed by atoms with E-state index in [9.17, 15) is 0 Å². The molecule has 0 heterocycles. The van der Waals surface area contributed by atoms with Crippen LogP contribution < -0.4 is 0 Å². The van der Waals surface area contributed by atoms with Crippen LogP contribution in [-0.4, -0.2) is 0 Å². The molecule has 1 radical (unpaired) electrons. The predicted octanol–water partition coefficient (Wildman–Crippen LogP) is 2.64. The largest absolute Gasteiger partial charge is 0.183 e. The molecule has 0 aliphatic heterocycles. The van der Waals surface area contributed by atoms with Crippen LogP contribution in [0.3, 0.4) is 0 Å². The molecule has 0 bridgehead atoms. The maximum absolute atomic E-state index is 3.04. The fraction of sp³-hybridized carbons (Fsp3) is 0. The summed E-state index contributed by atoms with van der Waals surface area (Å²) >= 11 is 0. The quantitative estimate of drug-likeness (QED) is 0.594. The molecule has 2 aromatic carbocycles. The molecule has 1 heteroatoms. The van der Waals surface area contributed by atoms with E-state index in [1.54, 1.807) is 0 Å². The molecule has 0 aliphatic carbocycles. The van der Waals surface area contributed by atoms with Crippen LogP contribution in [0.4, 0.5) is 0 Å². The first-order chi connectivity index (χ1) is 4.97. The Morgan fingerprint density at radius 2 is 1.64 bits per heavy atom. The maximum Gasteiger partial charge on any atom is 0 e. The Kier molecular flexibility index (Phi) is 3.23. The minimum atomic E-state index is 0. The van der Waals surface area contributed by atoms with Gasteiger partial charge in [0, 0.05) is 32.7 Å².